The van der Waals surface area contributed by atoms with Gasteiger partial charge in [-0.25, -0.2) is 24.9 Å². The molecule has 31 heteroatoms. The van der Waals surface area contributed by atoms with Gasteiger partial charge >= 0.3 is 0 Å². The van der Waals surface area contributed by atoms with E-state index >= 15 is 0 Å². The van der Waals surface area contributed by atoms with Crippen LogP contribution in [0.15, 0.2) is 105 Å². The number of thiazole rings is 1. The molecule has 5 aromatic rings. The fraction of sp³-hybridized carbons (Fsp3) is 0.196. The van der Waals surface area contributed by atoms with Gasteiger partial charge in [0, 0.05) is 10.9 Å². The number of aliphatic hydroxyl groups is 2. The van der Waals surface area contributed by atoms with Crippen LogP contribution in [0.3, 0.4) is 0 Å². The lowest BCUT2D eigenvalue weighted by atomic mass is 9.97. The number of oxazole rings is 3. The highest BCUT2D eigenvalue weighted by Crippen LogP contribution is 2.33. The lowest BCUT2D eigenvalue weighted by Crippen LogP contribution is -2.58. The molecule has 426 valence electrons. The van der Waals surface area contributed by atoms with E-state index in [9.17, 15) is 58.2 Å². The molecule has 10 amide bonds. The summed E-state index contributed by atoms with van der Waals surface area (Å²) < 4.78 is 16.9. The first-order valence-corrected chi connectivity index (χ1v) is 24.5. The third-order valence-corrected chi connectivity index (χ3v) is 12.0. The number of hydrogen-bond donors (Lipinski definition) is 12. The second-order valence-corrected chi connectivity index (χ2v) is 18.8. The van der Waals surface area contributed by atoms with E-state index in [1.807, 2.05) is 0 Å². The van der Waals surface area contributed by atoms with E-state index in [1.54, 1.807) is 0 Å². The van der Waals surface area contributed by atoms with Crippen LogP contribution in [0.2, 0.25) is 0 Å². The maximum atomic E-state index is 13.8. The number of aromatic nitrogens is 5. The predicted octanol–water partition coefficient (Wildman–Crippen LogP) is 0.0983. The molecule has 30 nitrogen and oxygen atoms in total. The fourth-order valence-electron chi connectivity index (χ4n) is 6.87. The second-order valence-electron chi connectivity index (χ2n) is 18.0. The van der Waals surface area contributed by atoms with Crippen molar-refractivity contribution in [2.75, 3.05) is 0 Å². The van der Waals surface area contributed by atoms with Crippen LogP contribution in [-0.4, -0.2) is 118 Å². The zero-order valence-electron chi connectivity index (χ0n) is 44.3. The van der Waals surface area contributed by atoms with Gasteiger partial charge in [-0.05, 0) is 53.7 Å². The molecule has 5 aromatic heterocycles. The minimum Gasteiger partial charge on any atom is -0.443 e. The Morgan fingerprint density at radius 1 is 0.707 bits per heavy atom. The summed E-state index contributed by atoms with van der Waals surface area (Å²) in [6.07, 6.45) is 0.826. The van der Waals surface area contributed by atoms with Gasteiger partial charge in [-0.3, -0.25) is 47.9 Å². The van der Waals surface area contributed by atoms with E-state index in [0.29, 0.717) is 0 Å². The molecule has 0 saturated carbocycles. The van der Waals surface area contributed by atoms with Crippen LogP contribution in [0.25, 0.3) is 39.1 Å². The molecule has 1 aliphatic heterocycles. The second kappa shape index (κ2) is 24.5. The molecule has 13 N–H and O–H groups in total. The Kier molecular flexibility index (Phi) is 18.0. The Hall–Kier alpha value is -10.8. The number of primary amides is 1. The Morgan fingerprint density at radius 3 is 1.89 bits per heavy atom. The molecule has 6 heterocycles. The van der Waals surface area contributed by atoms with Crippen molar-refractivity contribution in [2.45, 2.75) is 65.3 Å². The molecule has 3 atom stereocenters. The van der Waals surface area contributed by atoms with E-state index in [4.69, 9.17) is 19.0 Å². The van der Waals surface area contributed by atoms with Gasteiger partial charge in [0.1, 0.15) is 57.7 Å². The molecule has 0 saturated heterocycles. The smallest absolute Gasteiger partial charge is 0.278 e. The molecular formula is C51H51N15O15S. The number of hydrogen-bond acceptors (Lipinski definition) is 21. The molecule has 82 heavy (non-hydrogen) atoms. The summed E-state index contributed by atoms with van der Waals surface area (Å²) in [5, 5.41) is 43.7. The molecule has 0 aliphatic carbocycles. The number of rotatable bonds is 7. The molecule has 0 radical (unpaired) electrons. The highest BCUT2D eigenvalue weighted by molar-refractivity contribution is 7.13. The highest BCUT2D eigenvalue weighted by atomic mass is 32.1. The average molecular weight is 1150 g/mol. The molecule has 0 aromatic carbocycles. The first kappa shape index (κ1) is 60.4. The maximum Gasteiger partial charge on any atom is 0.278 e. The van der Waals surface area contributed by atoms with Crippen molar-refractivity contribution < 1.29 is 71.4 Å². The lowest BCUT2D eigenvalue weighted by Gasteiger charge is -2.29. The van der Waals surface area contributed by atoms with Gasteiger partial charge in [-0.15, -0.1) is 11.3 Å². The van der Waals surface area contributed by atoms with Gasteiger partial charge in [0.05, 0.1) is 51.6 Å². The number of nitrogens with zero attached hydrogens (tertiary/aromatic N) is 5. The van der Waals surface area contributed by atoms with Gasteiger partial charge in [0.25, 0.3) is 47.3 Å². The van der Waals surface area contributed by atoms with Gasteiger partial charge in [0.15, 0.2) is 11.4 Å². The fourth-order valence-corrected chi connectivity index (χ4v) is 7.70. The average Bonchev–Trinajstić information content (AvgIpc) is 3.99. The molecule has 6 rings (SSSR count). The molecule has 0 unspecified atom stereocenters. The molecule has 8 bridgehead atoms. The van der Waals surface area contributed by atoms with Crippen LogP contribution in [0, 0.1) is 13.8 Å². The van der Waals surface area contributed by atoms with Gasteiger partial charge in [-0.2, -0.15) is 0 Å². The summed E-state index contributed by atoms with van der Waals surface area (Å²) in [6, 6.07) is -0.904. The number of aryl methyl sites for hydroxylation is 2. The van der Waals surface area contributed by atoms with E-state index in [1.165, 1.54) is 65.1 Å². The van der Waals surface area contributed by atoms with E-state index in [2.05, 4.69) is 112 Å². The van der Waals surface area contributed by atoms with Crippen LogP contribution in [0.1, 0.15) is 98.8 Å². The minimum absolute atomic E-state index is 0.0594. The number of amides is 10. The van der Waals surface area contributed by atoms with Crippen molar-refractivity contribution >= 4 is 87.5 Å². The number of nitrogens with one attached hydrogen (secondary N) is 9. The quantitative estimate of drug-likeness (QED) is 0.0962. The first-order chi connectivity index (χ1) is 38.4. The van der Waals surface area contributed by atoms with Crippen molar-refractivity contribution in [1.29, 1.82) is 0 Å². The Morgan fingerprint density at radius 2 is 1.29 bits per heavy atom. The molecular weight excluding hydrogens is 1090 g/mol. The number of aliphatic hydroxyl groups excluding tert-OH is 1. The van der Waals surface area contributed by atoms with Crippen LogP contribution in [0.5, 0.6) is 0 Å². The monoisotopic (exact) mass is 1150 g/mol. The van der Waals surface area contributed by atoms with E-state index in [0.717, 1.165) is 17.6 Å². The SMILES string of the molecule is C=C(NC(=O)C(=C)NC(=O)c1ccc2c(n1)-c1coc(n1)C(=C)NC(=O)C(=C)NC(=O)c1nc(oc1C)C(=C)NC(=O)[C@H](C(C)(C)O)NC(=O)C(=C)NC(=O)c1nc(oc1C)C(=CC)NC(=O)[C@H]([C@@H](C)O)NC(=O)c1csc-2n1)C(N)=O. The van der Waals surface area contributed by atoms with Crippen LogP contribution in [-0.2, 0) is 28.8 Å². The van der Waals surface area contributed by atoms with E-state index < -0.39 is 123 Å². The van der Waals surface area contributed by atoms with Crippen molar-refractivity contribution in [3.05, 3.63) is 144 Å². The van der Waals surface area contributed by atoms with Gasteiger partial charge in [-0.1, -0.05) is 45.5 Å². The number of nitrogens with two attached hydrogens (primary N) is 1. The predicted molar refractivity (Wildman–Crippen MR) is 287 cm³/mol. The highest BCUT2D eigenvalue weighted by Gasteiger charge is 2.37. The zero-order valence-corrected chi connectivity index (χ0v) is 45.1. The molecule has 0 fully saturated rings. The Balaban J connectivity index is 1.37. The molecule has 1 aliphatic rings. The van der Waals surface area contributed by atoms with Crippen molar-refractivity contribution in [3.8, 4) is 22.0 Å². The Bertz CT molecular complexity index is 3660. The summed E-state index contributed by atoms with van der Waals surface area (Å²) in [4.78, 5) is 154. The third kappa shape index (κ3) is 13.9. The number of fused-ring (bicyclic) bond motifs is 11. The Labute approximate surface area is 467 Å². The lowest BCUT2D eigenvalue weighted by molar-refractivity contribution is -0.132. The minimum atomic E-state index is -2.00. The van der Waals surface area contributed by atoms with Crippen molar-refractivity contribution in [1.82, 2.24) is 72.8 Å². The number of pyridine rings is 1. The maximum absolute atomic E-state index is 13.8. The van der Waals surface area contributed by atoms with Crippen LogP contribution < -0.4 is 53.6 Å². The number of carbonyl (C=O) groups excluding carboxylic acids is 10. The van der Waals surface area contributed by atoms with Crippen LogP contribution in [0.4, 0.5) is 0 Å². The molecule has 0 spiro atoms. The number of allylic oxidation sites excluding steroid dienone is 1. The van der Waals surface area contributed by atoms with Gasteiger partial charge in [0.2, 0.25) is 29.5 Å². The zero-order chi connectivity index (χ0) is 60.8. The first-order valence-electron chi connectivity index (χ1n) is 23.6. The van der Waals surface area contributed by atoms with Crippen molar-refractivity contribution in [3.63, 3.8) is 0 Å². The number of carbonyl (C=O) groups is 10. The summed E-state index contributed by atoms with van der Waals surface area (Å²) >= 11 is 0.884. The van der Waals surface area contributed by atoms with Crippen LogP contribution >= 0.6 is 11.3 Å². The third-order valence-electron chi connectivity index (χ3n) is 11.2. The normalized spacial score (nSPS) is 17.3. The standard InChI is InChI=1S/C51H51N15O15S/c1-13-28-49-65-34(26(10)81-49)45(76)56-21(5)40(71)66-36(51(11,12)78)46(77)58-23(7)48-64-33(25(9)80-48)44(75)55-20(4)39(70)57-22(6)47-61-30(16-79-47)35-27(50-62-31(17-82-50)42(73)63-32(24(8)67)43(74)60-28)14-15-29(59-35)41(72)54-19(3)38(69)53-18(2)37(52)68/h13-17,24,32,36,67,78H,2-7H2,1,8-12H3,(H2,52,68)(H,53,69)(H,54,72)(H,55,75)(H,56,76)(H,57,70)(H,58,77)(H,60,74)(H,63,73)(H,66,71)/t24-,32+,36-/m1/s1. The largest absolute Gasteiger partial charge is 0.443 e. The summed E-state index contributed by atoms with van der Waals surface area (Å²) in [5.41, 5.74) is -1.53. The van der Waals surface area contributed by atoms with Gasteiger partial charge < -0.3 is 77.0 Å². The summed E-state index contributed by atoms with van der Waals surface area (Å²) in [7, 11) is 0. The summed E-state index contributed by atoms with van der Waals surface area (Å²) in [6.45, 7) is 29.1. The van der Waals surface area contributed by atoms with E-state index in [-0.39, 0.29) is 73.7 Å². The topological polar surface area (TPSA) is 449 Å². The van der Waals surface area contributed by atoms with Crippen molar-refractivity contribution in [2.24, 2.45) is 5.73 Å². The summed E-state index contributed by atoms with van der Waals surface area (Å²) in [5.74, 6) is -11.7.